The van der Waals surface area contributed by atoms with Gasteiger partial charge in [-0.25, -0.2) is 0 Å². The Labute approximate surface area is 99.2 Å². The lowest BCUT2D eigenvalue weighted by Gasteiger charge is -2.32. The minimum atomic E-state index is 0.0664. The van der Waals surface area contributed by atoms with Crippen LogP contribution in [-0.4, -0.2) is 18.5 Å². The Kier molecular flexibility index (Phi) is 4.78. The first-order valence-electron chi connectivity index (χ1n) is 6.42. The van der Waals surface area contributed by atoms with Crippen LogP contribution in [0.2, 0.25) is 0 Å². The van der Waals surface area contributed by atoms with E-state index in [9.17, 15) is 4.79 Å². The van der Waals surface area contributed by atoms with Crippen LogP contribution >= 0.6 is 0 Å². The van der Waals surface area contributed by atoms with Gasteiger partial charge in [-0.3, -0.25) is 4.79 Å². The molecule has 3 nitrogen and oxygen atoms in total. The summed E-state index contributed by atoms with van der Waals surface area (Å²) in [5.74, 6) is 0.663. The Hall–Kier alpha value is -0.570. The first-order valence-corrected chi connectivity index (χ1v) is 6.42. The lowest BCUT2D eigenvalue weighted by molar-refractivity contribution is -0.124. The molecule has 0 saturated heterocycles. The molecule has 0 radical (unpaired) electrons. The molecule has 0 heterocycles. The van der Waals surface area contributed by atoms with Crippen molar-refractivity contribution in [2.45, 2.75) is 58.9 Å². The quantitative estimate of drug-likeness (QED) is 0.774. The van der Waals surface area contributed by atoms with Crippen LogP contribution in [0.3, 0.4) is 0 Å². The summed E-state index contributed by atoms with van der Waals surface area (Å²) in [6.45, 7) is 6.97. The highest BCUT2D eigenvalue weighted by atomic mass is 16.1. The molecule has 1 fully saturated rings. The fraction of sp³-hybridized carbons (Fsp3) is 0.923. The van der Waals surface area contributed by atoms with Gasteiger partial charge in [0, 0.05) is 12.5 Å². The Balaban J connectivity index is 2.42. The molecule has 94 valence electrons. The average molecular weight is 226 g/mol. The number of hydrogen-bond acceptors (Lipinski definition) is 2. The summed E-state index contributed by atoms with van der Waals surface area (Å²) >= 11 is 0. The van der Waals surface area contributed by atoms with Crippen LogP contribution < -0.4 is 11.1 Å². The molecular weight excluding hydrogens is 200 g/mol. The van der Waals surface area contributed by atoms with Crippen LogP contribution in [0.5, 0.6) is 0 Å². The highest BCUT2D eigenvalue weighted by molar-refractivity contribution is 5.76. The maximum Gasteiger partial charge on any atom is 0.220 e. The van der Waals surface area contributed by atoms with Gasteiger partial charge in [0.1, 0.15) is 0 Å². The van der Waals surface area contributed by atoms with Crippen molar-refractivity contribution in [1.82, 2.24) is 5.32 Å². The van der Waals surface area contributed by atoms with Gasteiger partial charge in [-0.1, -0.05) is 33.6 Å². The molecule has 1 aliphatic carbocycles. The summed E-state index contributed by atoms with van der Waals surface area (Å²) in [6, 6.07) is 0.314. The predicted octanol–water partition coefficient (Wildman–Crippen LogP) is 2.06. The second-order valence-electron chi connectivity index (χ2n) is 6.19. The van der Waals surface area contributed by atoms with E-state index < -0.39 is 0 Å². The molecule has 3 N–H and O–H groups in total. The van der Waals surface area contributed by atoms with E-state index in [0.717, 1.165) is 12.8 Å². The molecule has 0 bridgehead atoms. The van der Waals surface area contributed by atoms with Crippen molar-refractivity contribution >= 4 is 5.91 Å². The molecule has 1 saturated carbocycles. The van der Waals surface area contributed by atoms with Gasteiger partial charge in [0.05, 0.1) is 0 Å². The summed E-state index contributed by atoms with van der Waals surface area (Å²) in [7, 11) is 0. The monoisotopic (exact) mass is 226 g/mol. The SMILES string of the molecule is CC(C)(C)CC(=O)NC1CCCCC1CN. The molecule has 2 atom stereocenters. The standard InChI is InChI=1S/C13H26N2O/c1-13(2,3)8-12(16)15-11-7-5-4-6-10(11)9-14/h10-11H,4-9,14H2,1-3H3,(H,15,16). The van der Waals surface area contributed by atoms with E-state index in [1.807, 2.05) is 0 Å². The number of amides is 1. The van der Waals surface area contributed by atoms with Gasteiger partial charge in [0.15, 0.2) is 0 Å². The molecule has 0 spiro atoms. The molecule has 0 aromatic heterocycles. The van der Waals surface area contributed by atoms with Crippen LogP contribution in [-0.2, 0) is 4.79 Å². The van der Waals surface area contributed by atoms with Gasteiger partial charge in [-0.2, -0.15) is 0 Å². The third-order valence-corrected chi connectivity index (χ3v) is 3.25. The molecule has 1 rings (SSSR count). The van der Waals surface area contributed by atoms with Crippen LogP contribution in [0.1, 0.15) is 52.9 Å². The van der Waals surface area contributed by atoms with E-state index in [0.29, 0.717) is 24.9 Å². The van der Waals surface area contributed by atoms with Gasteiger partial charge in [-0.15, -0.1) is 0 Å². The molecular formula is C13H26N2O. The second-order valence-corrected chi connectivity index (χ2v) is 6.19. The van der Waals surface area contributed by atoms with E-state index in [1.165, 1.54) is 12.8 Å². The minimum Gasteiger partial charge on any atom is -0.353 e. The van der Waals surface area contributed by atoms with Crippen molar-refractivity contribution in [3.05, 3.63) is 0 Å². The fourth-order valence-corrected chi connectivity index (χ4v) is 2.42. The third kappa shape index (κ3) is 4.52. The zero-order valence-corrected chi connectivity index (χ0v) is 10.9. The summed E-state index contributed by atoms with van der Waals surface area (Å²) in [4.78, 5) is 11.8. The van der Waals surface area contributed by atoms with Gasteiger partial charge in [0.25, 0.3) is 0 Å². The first kappa shape index (κ1) is 13.5. The number of hydrogen-bond donors (Lipinski definition) is 2. The third-order valence-electron chi connectivity index (χ3n) is 3.25. The Morgan fingerprint density at radius 3 is 2.50 bits per heavy atom. The van der Waals surface area contributed by atoms with Gasteiger partial charge in [-0.05, 0) is 30.7 Å². The van der Waals surface area contributed by atoms with Crippen molar-refractivity contribution in [3.63, 3.8) is 0 Å². The Morgan fingerprint density at radius 2 is 1.94 bits per heavy atom. The summed E-state index contributed by atoms with van der Waals surface area (Å²) in [6.07, 6.45) is 5.33. The van der Waals surface area contributed by atoms with Crippen LogP contribution in [0.25, 0.3) is 0 Å². The molecule has 1 aliphatic rings. The Morgan fingerprint density at radius 1 is 1.31 bits per heavy atom. The number of rotatable bonds is 3. The molecule has 3 heteroatoms. The van der Waals surface area contributed by atoms with Crippen molar-refractivity contribution < 1.29 is 4.79 Å². The van der Waals surface area contributed by atoms with E-state index in [1.54, 1.807) is 0 Å². The van der Waals surface area contributed by atoms with Gasteiger partial charge < -0.3 is 11.1 Å². The summed E-state index contributed by atoms with van der Waals surface area (Å²) in [5, 5.41) is 3.16. The highest BCUT2D eigenvalue weighted by Crippen LogP contribution is 2.24. The molecule has 0 aliphatic heterocycles. The number of carbonyl (C=O) groups is 1. The van der Waals surface area contributed by atoms with E-state index in [-0.39, 0.29) is 11.3 Å². The average Bonchev–Trinajstić information content (AvgIpc) is 2.15. The first-order chi connectivity index (χ1) is 7.42. The number of nitrogens with two attached hydrogens (primary N) is 1. The van der Waals surface area contributed by atoms with Crippen LogP contribution in [0, 0.1) is 11.3 Å². The van der Waals surface area contributed by atoms with Crippen molar-refractivity contribution in [2.24, 2.45) is 17.1 Å². The molecule has 0 aromatic rings. The Bertz CT molecular complexity index is 233. The minimum absolute atomic E-state index is 0.0664. The fourth-order valence-electron chi connectivity index (χ4n) is 2.42. The van der Waals surface area contributed by atoms with Crippen LogP contribution in [0.15, 0.2) is 0 Å². The van der Waals surface area contributed by atoms with Gasteiger partial charge >= 0.3 is 0 Å². The lowest BCUT2D eigenvalue weighted by Crippen LogP contribution is -2.45. The lowest BCUT2D eigenvalue weighted by atomic mass is 9.84. The predicted molar refractivity (Wildman–Crippen MR) is 67.0 cm³/mol. The van der Waals surface area contributed by atoms with E-state index in [4.69, 9.17) is 5.73 Å². The smallest absolute Gasteiger partial charge is 0.220 e. The molecule has 2 unspecified atom stereocenters. The largest absolute Gasteiger partial charge is 0.353 e. The number of carbonyl (C=O) groups excluding carboxylic acids is 1. The van der Waals surface area contributed by atoms with E-state index >= 15 is 0 Å². The maximum atomic E-state index is 11.8. The van der Waals surface area contributed by atoms with Crippen molar-refractivity contribution in [2.75, 3.05) is 6.54 Å². The topological polar surface area (TPSA) is 55.1 Å². The maximum absolute atomic E-state index is 11.8. The summed E-state index contributed by atoms with van der Waals surface area (Å²) < 4.78 is 0. The van der Waals surface area contributed by atoms with Crippen molar-refractivity contribution in [1.29, 1.82) is 0 Å². The zero-order valence-electron chi connectivity index (χ0n) is 10.9. The second kappa shape index (κ2) is 5.67. The van der Waals surface area contributed by atoms with Crippen molar-refractivity contribution in [3.8, 4) is 0 Å². The molecule has 1 amide bonds. The normalized spacial score (nSPS) is 26.5. The number of nitrogens with one attached hydrogen (secondary N) is 1. The molecule has 0 aromatic carbocycles. The zero-order chi connectivity index (χ0) is 12.2. The van der Waals surface area contributed by atoms with Gasteiger partial charge in [0.2, 0.25) is 5.91 Å². The van der Waals surface area contributed by atoms with Crippen LogP contribution in [0.4, 0.5) is 0 Å². The van der Waals surface area contributed by atoms with E-state index in [2.05, 4.69) is 26.1 Å². The summed E-state index contributed by atoms with van der Waals surface area (Å²) in [5.41, 5.74) is 5.81. The highest BCUT2D eigenvalue weighted by Gasteiger charge is 2.26. The molecule has 16 heavy (non-hydrogen) atoms.